The number of hydrogen-bond donors (Lipinski definition) is 0. The maximum Gasteiger partial charge on any atom is 0.418 e. The fourth-order valence-corrected chi connectivity index (χ4v) is 6.61. The van der Waals surface area contributed by atoms with Gasteiger partial charge < -0.3 is 24.2 Å². The summed E-state index contributed by atoms with van der Waals surface area (Å²) >= 11 is 0. The summed E-state index contributed by atoms with van der Waals surface area (Å²) in [4.78, 5) is 59.9. The zero-order valence-electron chi connectivity index (χ0n) is 26.1. The third-order valence-electron chi connectivity index (χ3n) is 9.24. The quantitative estimate of drug-likeness (QED) is 0.453. The second-order valence-corrected chi connectivity index (χ2v) is 13.5. The molecule has 2 aromatic rings. The van der Waals surface area contributed by atoms with Crippen LogP contribution in [0.2, 0.25) is 0 Å². The Morgan fingerprint density at radius 1 is 1.05 bits per heavy atom. The number of rotatable bonds is 7. The molecular formula is C34H42N4O6. The van der Waals surface area contributed by atoms with Crippen molar-refractivity contribution in [2.75, 3.05) is 37.6 Å². The van der Waals surface area contributed by atoms with E-state index in [4.69, 9.17) is 9.47 Å². The molecule has 0 N–H and O–H groups in total. The lowest BCUT2D eigenvalue weighted by Gasteiger charge is -2.37. The van der Waals surface area contributed by atoms with Crippen molar-refractivity contribution in [3.63, 3.8) is 0 Å². The SMILES string of the molecule is CC(C1CC1)N(Cc1ccccc1)C(=O)CN1C(=O)OC2(CCc3cc(N4CCN(C(=O)OC(C)(C)C)CC4)ccc32)C1=O. The fraction of sp³-hybridized carbons (Fsp3) is 0.529. The molecular weight excluding hydrogens is 560 g/mol. The molecule has 1 saturated carbocycles. The van der Waals surface area contributed by atoms with Gasteiger partial charge in [-0.15, -0.1) is 0 Å². The lowest BCUT2D eigenvalue weighted by molar-refractivity contribution is -0.143. The van der Waals surface area contributed by atoms with Gasteiger partial charge >= 0.3 is 12.2 Å². The number of fused-ring (bicyclic) bond motifs is 2. The van der Waals surface area contributed by atoms with E-state index in [2.05, 4.69) is 11.0 Å². The van der Waals surface area contributed by atoms with Gasteiger partial charge in [0, 0.05) is 56.4 Å². The van der Waals surface area contributed by atoms with E-state index < -0.39 is 23.2 Å². The van der Waals surface area contributed by atoms with Gasteiger partial charge in [0.25, 0.3) is 5.91 Å². The maximum absolute atomic E-state index is 13.9. The van der Waals surface area contributed by atoms with Crippen molar-refractivity contribution in [1.29, 1.82) is 0 Å². The average molecular weight is 603 g/mol. The summed E-state index contributed by atoms with van der Waals surface area (Å²) in [6, 6.07) is 15.7. The fourth-order valence-electron chi connectivity index (χ4n) is 6.61. The number of imide groups is 1. The van der Waals surface area contributed by atoms with Crippen molar-refractivity contribution in [3.8, 4) is 0 Å². The molecule has 6 rings (SSSR count). The molecule has 0 radical (unpaired) electrons. The maximum atomic E-state index is 13.9. The molecule has 2 saturated heterocycles. The van der Waals surface area contributed by atoms with Crippen LogP contribution in [0, 0.1) is 5.92 Å². The Morgan fingerprint density at radius 2 is 1.75 bits per heavy atom. The normalized spacial score (nSPS) is 22.2. The number of aryl methyl sites for hydroxylation is 1. The van der Waals surface area contributed by atoms with Crippen LogP contribution in [0.3, 0.4) is 0 Å². The summed E-state index contributed by atoms with van der Waals surface area (Å²) in [6.45, 7) is 10.1. The topological polar surface area (TPSA) is 99.7 Å². The van der Waals surface area contributed by atoms with Gasteiger partial charge in [0.05, 0.1) is 0 Å². The highest BCUT2D eigenvalue weighted by molar-refractivity contribution is 6.06. The van der Waals surface area contributed by atoms with Crippen LogP contribution >= 0.6 is 0 Å². The van der Waals surface area contributed by atoms with E-state index in [0.29, 0.717) is 57.0 Å². The molecule has 2 aromatic carbocycles. The molecule has 3 fully saturated rings. The van der Waals surface area contributed by atoms with Crippen LogP contribution in [-0.2, 0) is 37.6 Å². The standard InChI is InChI=1S/C34H42N4O6/c1-23(25-10-11-25)37(21-24-8-6-5-7-9-24)29(39)22-38-30(40)34(44-32(38)42)15-14-26-20-27(12-13-28(26)34)35-16-18-36(19-17-35)31(41)43-33(2,3)4/h5-9,12-13,20,23,25H,10-11,14-19,21-22H2,1-4H3. The van der Waals surface area contributed by atoms with E-state index in [1.165, 1.54) is 0 Å². The zero-order chi connectivity index (χ0) is 31.2. The van der Waals surface area contributed by atoms with Gasteiger partial charge in [-0.3, -0.25) is 9.59 Å². The Morgan fingerprint density at radius 3 is 2.41 bits per heavy atom. The van der Waals surface area contributed by atoms with E-state index in [9.17, 15) is 19.2 Å². The molecule has 2 heterocycles. The summed E-state index contributed by atoms with van der Waals surface area (Å²) in [5.74, 6) is -0.284. The number of carbonyl (C=O) groups excluding carboxylic acids is 4. The molecule has 10 nitrogen and oxygen atoms in total. The number of carbonyl (C=O) groups is 4. The van der Waals surface area contributed by atoms with Gasteiger partial charge in [-0.25, -0.2) is 14.5 Å². The Kier molecular flexibility index (Phi) is 7.80. The molecule has 234 valence electrons. The molecule has 44 heavy (non-hydrogen) atoms. The van der Waals surface area contributed by atoms with E-state index in [1.54, 1.807) is 9.80 Å². The minimum absolute atomic E-state index is 0.0158. The van der Waals surface area contributed by atoms with Crippen LogP contribution in [0.5, 0.6) is 0 Å². The van der Waals surface area contributed by atoms with E-state index in [0.717, 1.165) is 34.6 Å². The number of anilines is 1. The summed E-state index contributed by atoms with van der Waals surface area (Å²) in [5, 5.41) is 0. The van der Waals surface area contributed by atoms with Gasteiger partial charge in [-0.1, -0.05) is 36.4 Å². The van der Waals surface area contributed by atoms with Gasteiger partial charge in [0.2, 0.25) is 11.5 Å². The number of benzene rings is 2. The highest BCUT2D eigenvalue weighted by Crippen LogP contribution is 2.46. The summed E-state index contributed by atoms with van der Waals surface area (Å²) in [6.07, 6.45) is 2.01. The lowest BCUT2D eigenvalue weighted by atomic mass is 9.94. The molecule has 2 aliphatic carbocycles. The van der Waals surface area contributed by atoms with E-state index in [1.807, 2.05) is 70.2 Å². The minimum Gasteiger partial charge on any atom is -0.444 e. The van der Waals surface area contributed by atoms with Gasteiger partial charge in [0.15, 0.2) is 0 Å². The van der Waals surface area contributed by atoms with E-state index in [-0.39, 0.29) is 24.6 Å². The van der Waals surface area contributed by atoms with Crippen LogP contribution in [0.1, 0.15) is 63.6 Å². The van der Waals surface area contributed by atoms with Gasteiger partial charge in [0.1, 0.15) is 12.1 Å². The highest BCUT2D eigenvalue weighted by Gasteiger charge is 2.58. The zero-order valence-corrected chi connectivity index (χ0v) is 26.1. The van der Waals surface area contributed by atoms with Crippen molar-refractivity contribution >= 4 is 29.7 Å². The summed E-state index contributed by atoms with van der Waals surface area (Å²) in [5.41, 5.74) is 1.72. The van der Waals surface area contributed by atoms with Crippen LogP contribution in [0.15, 0.2) is 48.5 Å². The second kappa shape index (κ2) is 11.4. The average Bonchev–Trinajstić information content (AvgIpc) is 3.75. The van der Waals surface area contributed by atoms with Gasteiger partial charge in [-0.2, -0.15) is 0 Å². The third-order valence-corrected chi connectivity index (χ3v) is 9.24. The molecule has 4 amide bonds. The van der Waals surface area contributed by atoms with Crippen LogP contribution in [0.25, 0.3) is 0 Å². The first-order chi connectivity index (χ1) is 20.9. The smallest absolute Gasteiger partial charge is 0.418 e. The first-order valence-corrected chi connectivity index (χ1v) is 15.7. The molecule has 10 heteroatoms. The Labute approximate surface area is 258 Å². The first-order valence-electron chi connectivity index (χ1n) is 15.7. The number of ether oxygens (including phenoxy) is 2. The number of hydrogen-bond acceptors (Lipinski definition) is 7. The molecule has 2 aliphatic heterocycles. The summed E-state index contributed by atoms with van der Waals surface area (Å²) < 4.78 is 11.4. The molecule has 2 unspecified atom stereocenters. The highest BCUT2D eigenvalue weighted by atomic mass is 16.6. The Balaban J connectivity index is 1.13. The van der Waals surface area contributed by atoms with Crippen molar-refractivity contribution in [2.24, 2.45) is 5.92 Å². The Hall–Kier alpha value is -4.08. The third kappa shape index (κ3) is 5.86. The monoisotopic (exact) mass is 602 g/mol. The number of piperazine rings is 1. The van der Waals surface area contributed by atoms with Gasteiger partial charge in [-0.05, 0) is 76.1 Å². The molecule has 0 bridgehead atoms. The Bertz CT molecular complexity index is 1440. The van der Waals surface area contributed by atoms with Crippen molar-refractivity contribution in [2.45, 2.75) is 77.2 Å². The van der Waals surface area contributed by atoms with E-state index >= 15 is 0 Å². The number of nitrogens with zero attached hydrogens (tertiary/aromatic N) is 4. The van der Waals surface area contributed by atoms with Crippen molar-refractivity contribution in [1.82, 2.24) is 14.7 Å². The molecule has 2 atom stereocenters. The van der Waals surface area contributed by atoms with Crippen molar-refractivity contribution < 1.29 is 28.7 Å². The van der Waals surface area contributed by atoms with Crippen LogP contribution in [0.4, 0.5) is 15.3 Å². The largest absolute Gasteiger partial charge is 0.444 e. The minimum atomic E-state index is -1.40. The lowest BCUT2D eigenvalue weighted by Crippen LogP contribution is -2.50. The number of amides is 4. The second-order valence-electron chi connectivity index (χ2n) is 13.5. The molecule has 1 spiro atoms. The van der Waals surface area contributed by atoms with Crippen LogP contribution in [-0.4, -0.2) is 83.1 Å². The molecule has 0 aromatic heterocycles. The van der Waals surface area contributed by atoms with Crippen LogP contribution < -0.4 is 4.90 Å². The predicted octanol–water partition coefficient (Wildman–Crippen LogP) is 4.69. The first kappa shape index (κ1) is 30.0. The predicted molar refractivity (Wildman–Crippen MR) is 164 cm³/mol. The summed E-state index contributed by atoms with van der Waals surface area (Å²) in [7, 11) is 0. The van der Waals surface area contributed by atoms with Crippen molar-refractivity contribution in [3.05, 3.63) is 65.2 Å². The molecule has 4 aliphatic rings.